The highest BCUT2D eigenvalue weighted by Gasteiger charge is 2.19. The zero-order chi connectivity index (χ0) is 14.7. The Bertz CT molecular complexity index is 561. The van der Waals surface area contributed by atoms with Crippen LogP contribution in [-0.4, -0.2) is 22.9 Å². The third-order valence-electron chi connectivity index (χ3n) is 3.06. The van der Waals surface area contributed by atoms with Crippen molar-refractivity contribution in [2.24, 2.45) is 7.05 Å². The van der Waals surface area contributed by atoms with E-state index in [0.29, 0.717) is 5.02 Å². The summed E-state index contributed by atoms with van der Waals surface area (Å²) in [5.74, 6) is 0.857. The lowest BCUT2D eigenvalue weighted by atomic mass is 10.0. The summed E-state index contributed by atoms with van der Waals surface area (Å²) < 4.78 is 7.54. The second-order valence-corrected chi connectivity index (χ2v) is 5.37. The van der Waals surface area contributed by atoms with Crippen LogP contribution in [0.1, 0.15) is 31.1 Å². The number of ether oxygens (including phenoxy) is 1. The lowest BCUT2D eigenvalue weighted by Gasteiger charge is -2.19. The maximum Gasteiger partial charge on any atom is 0.120 e. The minimum Gasteiger partial charge on any atom is -0.491 e. The SMILES string of the molecule is CNC(c1cccc(OC(C)C)c1)c1c(Cl)cnn1C. The molecule has 1 atom stereocenters. The first kappa shape index (κ1) is 14.9. The molecular formula is C15H20ClN3O. The summed E-state index contributed by atoms with van der Waals surface area (Å²) in [6.45, 7) is 4.03. The smallest absolute Gasteiger partial charge is 0.120 e. The number of nitrogens with zero attached hydrogens (tertiary/aromatic N) is 2. The van der Waals surface area contributed by atoms with Gasteiger partial charge in [-0.3, -0.25) is 4.68 Å². The minimum absolute atomic E-state index is 0.0225. The molecule has 0 saturated heterocycles. The molecule has 2 rings (SSSR count). The lowest BCUT2D eigenvalue weighted by Crippen LogP contribution is -2.21. The summed E-state index contributed by atoms with van der Waals surface area (Å²) in [5.41, 5.74) is 2.03. The lowest BCUT2D eigenvalue weighted by molar-refractivity contribution is 0.242. The maximum atomic E-state index is 6.24. The Morgan fingerprint density at radius 3 is 2.65 bits per heavy atom. The first-order valence-electron chi connectivity index (χ1n) is 6.64. The van der Waals surface area contributed by atoms with Crippen molar-refractivity contribution in [1.82, 2.24) is 15.1 Å². The highest BCUT2D eigenvalue weighted by Crippen LogP contribution is 2.29. The number of rotatable bonds is 5. The zero-order valence-corrected chi connectivity index (χ0v) is 13.0. The molecule has 0 aliphatic heterocycles. The standard InChI is InChI=1S/C15H20ClN3O/c1-10(2)20-12-7-5-6-11(8-12)14(17-3)15-13(16)9-18-19(15)4/h5-10,14,17H,1-4H3. The summed E-state index contributed by atoms with van der Waals surface area (Å²) >= 11 is 6.24. The normalized spacial score (nSPS) is 12.7. The van der Waals surface area contributed by atoms with Crippen molar-refractivity contribution in [1.29, 1.82) is 0 Å². The van der Waals surface area contributed by atoms with Gasteiger partial charge in [-0.15, -0.1) is 0 Å². The van der Waals surface area contributed by atoms with Gasteiger partial charge in [0.15, 0.2) is 0 Å². The van der Waals surface area contributed by atoms with Gasteiger partial charge in [-0.2, -0.15) is 5.10 Å². The average molecular weight is 294 g/mol. The minimum atomic E-state index is -0.0225. The van der Waals surface area contributed by atoms with E-state index in [2.05, 4.69) is 16.5 Å². The van der Waals surface area contributed by atoms with Crippen molar-refractivity contribution in [2.75, 3.05) is 7.05 Å². The molecule has 0 aliphatic carbocycles. The van der Waals surface area contributed by atoms with Gasteiger partial charge in [-0.25, -0.2) is 0 Å². The van der Waals surface area contributed by atoms with Crippen LogP contribution in [0.25, 0.3) is 0 Å². The summed E-state index contributed by atoms with van der Waals surface area (Å²) in [7, 11) is 3.80. The Hall–Kier alpha value is -1.52. The Morgan fingerprint density at radius 2 is 2.10 bits per heavy atom. The van der Waals surface area contributed by atoms with Crippen LogP contribution in [0.2, 0.25) is 5.02 Å². The van der Waals surface area contributed by atoms with Crippen molar-refractivity contribution in [3.8, 4) is 5.75 Å². The third kappa shape index (κ3) is 3.14. The number of hydrogen-bond donors (Lipinski definition) is 1. The summed E-state index contributed by atoms with van der Waals surface area (Å²) in [6.07, 6.45) is 1.81. The molecule has 1 heterocycles. The second-order valence-electron chi connectivity index (χ2n) is 4.96. The number of halogens is 1. The van der Waals surface area contributed by atoms with E-state index in [1.54, 1.807) is 10.9 Å². The molecule has 5 heteroatoms. The van der Waals surface area contributed by atoms with E-state index in [0.717, 1.165) is 17.0 Å². The molecule has 0 saturated carbocycles. The topological polar surface area (TPSA) is 39.1 Å². The van der Waals surface area contributed by atoms with Gasteiger partial charge < -0.3 is 10.1 Å². The number of aromatic nitrogens is 2. The largest absolute Gasteiger partial charge is 0.491 e. The molecule has 0 aliphatic rings. The molecule has 0 radical (unpaired) electrons. The number of benzene rings is 1. The van der Waals surface area contributed by atoms with Crippen LogP contribution in [-0.2, 0) is 7.05 Å². The fourth-order valence-electron chi connectivity index (χ4n) is 2.25. The van der Waals surface area contributed by atoms with Gasteiger partial charge in [0.1, 0.15) is 5.75 Å². The molecule has 0 bridgehead atoms. The fraction of sp³-hybridized carbons (Fsp3) is 0.400. The molecule has 20 heavy (non-hydrogen) atoms. The van der Waals surface area contributed by atoms with Gasteiger partial charge in [0.2, 0.25) is 0 Å². The van der Waals surface area contributed by atoms with Gasteiger partial charge in [0.05, 0.1) is 29.1 Å². The Labute approximate surface area is 124 Å². The van der Waals surface area contributed by atoms with E-state index in [1.165, 1.54) is 0 Å². The van der Waals surface area contributed by atoms with Crippen molar-refractivity contribution in [3.63, 3.8) is 0 Å². The highest BCUT2D eigenvalue weighted by atomic mass is 35.5. The van der Waals surface area contributed by atoms with Crippen LogP contribution in [0.15, 0.2) is 30.5 Å². The van der Waals surface area contributed by atoms with Gasteiger partial charge in [-0.1, -0.05) is 23.7 Å². The quantitative estimate of drug-likeness (QED) is 0.920. The Kier molecular flexibility index (Phi) is 4.68. The molecule has 0 spiro atoms. The second kappa shape index (κ2) is 6.29. The predicted molar refractivity (Wildman–Crippen MR) is 81.3 cm³/mol. The van der Waals surface area contributed by atoms with Gasteiger partial charge in [0.25, 0.3) is 0 Å². The highest BCUT2D eigenvalue weighted by molar-refractivity contribution is 6.31. The molecular weight excluding hydrogens is 274 g/mol. The molecule has 1 N–H and O–H groups in total. The molecule has 0 amide bonds. The molecule has 2 aromatic rings. The van der Waals surface area contributed by atoms with E-state index in [-0.39, 0.29) is 12.1 Å². The van der Waals surface area contributed by atoms with E-state index < -0.39 is 0 Å². The average Bonchev–Trinajstić information content (AvgIpc) is 2.71. The van der Waals surface area contributed by atoms with E-state index in [4.69, 9.17) is 16.3 Å². The summed E-state index contributed by atoms with van der Waals surface area (Å²) in [5, 5.41) is 8.13. The van der Waals surface area contributed by atoms with Gasteiger partial charge in [-0.05, 0) is 38.6 Å². The monoisotopic (exact) mass is 293 g/mol. The number of hydrogen-bond acceptors (Lipinski definition) is 3. The first-order valence-corrected chi connectivity index (χ1v) is 7.02. The predicted octanol–water partition coefficient (Wildman–Crippen LogP) is 3.17. The van der Waals surface area contributed by atoms with Crippen LogP contribution in [0.4, 0.5) is 0 Å². The summed E-state index contributed by atoms with van der Waals surface area (Å²) in [6, 6.07) is 8.01. The van der Waals surface area contributed by atoms with Crippen LogP contribution in [0, 0.1) is 0 Å². The van der Waals surface area contributed by atoms with Crippen molar-refractivity contribution in [3.05, 3.63) is 46.7 Å². The molecule has 1 unspecified atom stereocenters. The van der Waals surface area contributed by atoms with Gasteiger partial charge in [0, 0.05) is 7.05 Å². The molecule has 1 aromatic carbocycles. The zero-order valence-electron chi connectivity index (χ0n) is 12.2. The molecule has 1 aromatic heterocycles. The van der Waals surface area contributed by atoms with Crippen molar-refractivity contribution in [2.45, 2.75) is 26.0 Å². The van der Waals surface area contributed by atoms with Crippen LogP contribution in [0.3, 0.4) is 0 Å². The summed E-state index contributed by atoms with van der Waals surface area (Å²) in [4.78, 5) is 0. The van der Waals surface area contributed by atoms with Crippen LogP contribution < -0.4 is 10.1 Å². The Morgan fingerprint density at radius 1 is 1.35 bits per heavy atom. The fourth-order valence-corrected chi connectivity index (χ4v) is 2.52. The van der Waals surface area contributed by atoms with Crippen LogP contribution >= 0.6 is 11.6 Å². The van der Waals surface area contributed by atoms with E-state index in [1.807, 2.05) is 46.1 Å². The van der Waals surface area contributed by atoms with Gasteiger partial charge >= 0.3 is 0 Å². The molecule has 4 nitrogen and oxygen atoms in total. The van der Waals surface area contributed by atoms with E-state index >= 15 is 0 Å². The van der Waals surface area contributed by atoms with E-state index in [9.17, 15) is 0 Å². The van der Waals surface area contributed by atoms with Crippen LogP contribution in [0.5, 0.6) is 5.75 Å². The first-order chi connectivity index (χ1) is 9.52. The van der Waals surface area contributed by atoms with Crippen molar-refractivity contribution < 1.29 is 4.74 Å². The molecule has 108 valence electrons. The van der Waals surface area contributed by atoms with Crippen molar-refractivity contribution >= 4 is 11.6 Å². The number of aryl methyl sites for hydroxylation is 1. The third-order valence-corrected chi connectivity index (χ3v) is 3.35. The number of nitrogens with one attached hydrogen (secondary N) is 1. The molecule has 0 fully saturated rings. The maximum absolute atomic E-state index is 6.24. The Balaban J connectivity index is 2.37.